The molecule has 1 unspecified atom stereocenters. The first kappa shape index (κ1) is 23.8. The SMILES string of the molecule is O=c1c(Cl)c(NCC2COCCS2(=O)=O)cnn1C1CCN(Sc2ccc(Cl)cc2)CC1. The molecule has 174 valence electrons. The molecule has 2 fully saturated rings. The maximum absolute atomic E-state index is 12.8. The van der Waals surface area contributed by atoms with Crippen LogP contribution < -0.4 is 10.9 Å². The van der Waals surface area contributed by atoms with E-state index < -0.39 is 15.1 Å². The molecular weight excluding hydrogens is 495 g/mol. The molecule has 3 heterocycles. The van der Waals surface area contributed by atoms with Crippen molar-refractivity contribution in [2.24, 2.45) is 0 Å². The van der Waals surface area contributed by atoms with Crippen LogP contribution in [0.15, 0.2) is 40.2 Å². The molecule has 2 aliphatic rings. The van der Waals surface area contributed by atoms with Gasteiger partial charge in [0.1, 0.15) is 10.3 Å². The minimum absolute atomic E-state index is 0.00191. The van der Waals surface area contributed by atoms with Crippen molar-refractivity contribution in [3.8, 4) is 0 Å². The summed E-state index contributed by atoms with van der Waals surface area (Å²) < 4.78 is 33.2. The number of hydrogen-bond acceptors (Lipinski definition) is 8. The van der Waals surface area contributed by atoms with Gasteiger partial charge in [0.25, 0.3) is 5.56 Å². The van der Waals surface area contributed by atoms with Gasteiger partial charge in [-0.3, -0.25) is 4.79 Å². The summed E-state index contributed by atoms with van der Waals surface area (Å²) in [6.45, 7) is 2.08. The number of benzene rings is 1. The molecular formula is C20H24Cl2N4O4S2. The van der Waals surface area contributed by atoms with Gasteiger partial charge in [0.05, 0.1) is 36.9 Å². The van der Waals surface area contributed by atoms with Gasteiger partial charge in [-0.2, -0.15) is 5.10 Å². The van der Waals surface area contributed by atoms with Gasteiger partial charge in [-0.15, -0.1) is 0 Å². The Morgan fingerprint density at radius 2 is 1.91 bits per heavy atom. The first-order valence-corrected chi connectivity index (χ1v) is 13.6. The molecule has 0 saturated carbocycles. The summed E-state index contributed by atoms with van der Waals surface area (Å²) in [6.07, 6.45) is 3.04. The molecule has 8 nitrogen and oxygen atoms in total. The largest absolute Gasteiger partial charge is 0.381 e. The number of nitrogens with zero attached hydrogens (tertiary/aromatic N) is 3. The smallest absolute Gasteiger partial charge is 0.287 e. The summed E-state index contributed by atoms with van der Waals surface area (Å²) in [5.41, 5.74) is -0.0346. The van der Waals surface area contributed by atoms with Crippen LogP contribution in [-0.4, -0.2) is 66.4 Å². The number of ether oxygens (including phenoxy) is 1. The quantitative estimate of drug-likeness (QED) is 0.582. The van der Waals surface area contributed by atoms with Crippen LogP contribution in [0.25, 0.3) is 0 Å². The standard InChI is InChI=1S/C20H24Cl2N4O4S2/c21-14-1-3-16(4-2-14)31-25-7-5-15(6-8-25)26-20(27)19(22)18(12-24-26)23-11-17-13-30-9-10-32(17,28)29/h1-4,12,15,17,23H,5-11,13H2. The van der Waals surface area contributed by atoms with E-state index in [0.717, 1.165) is 30.8 Å². The third kappa shape index (κ3) is 5.60. The predicted octanol–water partition coefficient (Wildman–Crippen LogP) is 3.12. The molecule has 4 rings (SSSR count). The fourth-order valence-electron chi connectivity index (χ4n) is 3.72. The third-order valence-electron chi connectivity index (χ3n) is 5.61. The zero-order valence-electron chi connectivity index (χ0n) is 17.2. The normalized spacial score (nSPS) is 22.0. The lowest BCUT2D eigenvalue weighted by atomic mass is 10.1. The molecule has 0 radical (unpaired) electrons. The molecule has 0 aliphatic carbocycles. The maximum atomic E-state index is 12.8. The van der Waals surface area contributed by atoms with E-state index in [2.05, 4.69) is 14.7 Å². The number of sulfone groups is 1. The van der Waals surface area contributed by atoms with Crippen LogP contribution in [0.1, 0.15) is 18.9 Å². The Bertz CT molecular complexity index is 1100. The topological polar surface area (TPSA) is 93.5 Å². The van der Waals surface area contributed by atoms with Crippen molar-refractivity contribution in [2.45, 2.75) is 29.0 Å². The van der Waals surface area contributed by atoms with Gasteiger partial charge < -0.3 is 10.1 Å². The Balaban J connectivity index is 1.36. The number of halogens is 2. The second-order valence-corrected chi connectivity index (χ2v) is 12.2. The van der Waals surface area contributed by atoms with Crippen LogP contribution in [-0.2, 0) is 14.6 Å². The fraction of sp³-hybridized carbons (Fsp3) is 0.500. The van der Waals surface area contributed by atoms with Crippen LogP contribution in [0.5, 0.6) is 0 Å². The molecule has 1 aromatic heterocycles. The highest BCUT2D eigenvalue weighted by Crippen LogP contribution is 2.30. The zero-order valence-corrected chi connectivity index (χ0v) is 20.4. The molecule has 2 saturated heterocycles. The summed E-state index contributed by atoms with van der Waals surface area (Å²) in [5.74, 6) is 0.00191. The highest BCUT2D eigenvalue weighted by Gasteiger charge is 2.30. The number of aromatic nitrogens is 2. The van der Waals surface area contributed by atoms with Gasteiger partial charge in [-0.05, 0) is 49.1 Å². The highest BCUT2D eigenvalue weighted by molar-refractivity contribution is 7.97. The molecule has 0 bridgehead atoms. The van der Waals surface area contributed by atoms with Gasteiger partial charge in [-0.1, -0.05) is 23.2 Å². The van der Waals surface area contributed by atoms with Gasteiger partial charge >= 0.3 is 0 Å². The molecule has 2 aliphatic heterocycles. The summed E-state index contributed by atoms with van der Waals surface area (Å²) in [6, 6.07) is 7.68. The number of rotatable bonds is 6. The van der Waals surface area contributed by atoms with Crippen molar-refractivity contribution in [3.63, 3.8) is 0 Å². The highest BCUT2D eigenvalue weighted by atomic mass is 35.5. The Kier molecular flexibility index (Phi) is 7.69. The summed E-state index contributed by atoms with van der Waals surface area (Å²) in [5, 5.41) is 7.34. The predicted molar refractivity (Wildman–Crippen MR) is 128 cm³/mol. The van der Waals surface area contributed by atoms with Crippen molar-refractivity contribution >= 4 is 50.7 Å². The minimum atomic E-state index is -3.22. The van der Waals surface area contributed by atoms with E-state index >= 15 is 0 Å². The average molecular weight is 519 g/mol. The Morgan fingerprint density at radius 3 is 2.59 bits per heavy atom. The number of hydrogen-bond donors (Lipinski definition) is 1. The van der Waals surface area contributed by atoms with Crippen molar-refractivity contribution in [1.29, 1.82) is 0 Å². The van der Waals surface area contributed by atoms with Gasteiger partial charge in [0, 0.05) is 29.6 Å². The van der Waals surface area contributed by atoms with Crippen molar-refractivity contribution in [1.82, 2.24) is 14.1 Å². The average Bonchev–Trinajstić information content (AvgIpc) is 2.78. The molecule has 1 N–H and O–H groups in total. The third-order valence-corrected chi connectivity index (χ3v) is 9.38. The molecule has 32 heavy (non-hydrogen) atoms. The first-order valence-electron chi connectivity index (χ1n) is 10.3. The minimum Gasteiger partial charge on any atom is -0.381 e. The first-order chi connectivity index (χ1) is 15.3. The van der Waals surface area contributed by atoms with Gasteiger partial charge in [0.15, 0.2) is 9.84 Å². The molecule has 1 aromatic carbocycles. The summed E-state index contributed by atoms with van der Waals surface area (Å²) >= 11 is 13.9. The lowest BCUT2D eigenvalue weighted by Gasteiger charge is -2.31. The van der Waals surface area contributed by atoms with E-state index in [0.29, 0.717) is 10.7 Å². The van der Waals surface area contributed by atoms with E-state index in [4.69, 9.17) is 27.9 Å². The van der Waals surface area contributed by atoms with Gasteiger partial charge in [0.2, 0.25) is 0 Å². The summed E-state index contributed by atoms with van der Waals surface area (Å²) in [4.78, 5) is 13.9. The molecule has 12 heteroatoms. The Labute approximate surface area is 201 Å². The molecule has 2 aromatic rings. The number of anilines is 1. The lowest BCUT2D eigenvalue weighted by molar-refractivity contribution is 0.140. The van der Waals surface area contributed by atoms with Gasteiger partial charge in [-0.25, -0.2) is 17.4 Å². The fourth-order valence-corrected chi connectivity index (χ4v) is 6.32. The maximum Gasteiger partial charge on any atom is 0.287 e. The van der Waals surface area contributed by atoms with E-state index in [9.17, 15) is 13.2 Å². The number of piperidine rings is 1. The zero-order chi connectivity index (χ0) is 22.7. The Morgan fingerprint density at radius 1 is 1.19 bits per heavy atom. The Hall–Kier alpha value is -1.30. The van der Waals surface area contributed by atoms with Crippen molar-refractivity contribution in [2.75, 3.05) is 43.9 Å². The van der Waals surface area contributed by atoms with Crippen LogP contribution >= 0.6 is 35.1 Å². The van der Waals surface area contributed by atoms with Crippen LogP contribution in [0, 0.1) is 0 Å². The monoisotopic (exact) mass is 518 g/mol. The van der Waals surface area contributed by atoms with Crippen molar-refractivity contribution in [3.05, 3.63) is 50.9 Å². The lowest BCUT2D eigenvalue weighted by Crippen LogP contribution is -2.41. The summed E-state index contributed by atoms with van der Waals surface area (Å²) in [7, 11) is -3.22. The van der Waals surface area contributed by atoms with Crippen LogP contribution in [0.2, 0.25) is 10.0 Å². The van der Waals surface area contributed by atoms with Crippen LogP contribution in [0.3, 0.4) is 0 Å². The molecule has 1 atom stereocenters. The van der Waals surface area contributed by atoms with E-state index in [-0.39, 0.29) is 42.1 Å². The van der Waals surface area contributed by atoms with Crippen LogP contribution in [0.4, 0.5) is 5.69 Å². The molecule has 0 amide bonds. The van der Waals surface area contributed by atoms with Crippen molar-refractivity contribution < 1.29 is 13.2 Å². The number of nitrogens with one attached hydrogen (secondary N) is 1. The molecule has 0 spiro atoms. The second-order valence-electron chi connectivity index (χ2n) is 7.77. The second kappa shape index (κ2) is 10.3. The van der Waals surface area contributed by atoms with E-state index in [1.165, 1.54) is 10.9 Å². The van der Waals surface area contributed by atoms with E-state index in [1.807, 2.05) is 24.3 Å². The van der Waals surface area contributed by atoms with E-state index in [1.54, 1.807) is 11.9 Å².